The Morgan fingerprint density at radius 1 is 1.04 bits per heavy atom. The third kappa shape index (κ3) is 2.98. The van der Waals surface area contributed by atoms with Crippen LogP contribution in [-0.4, -0.2) is 0 Å². The molecule has 1 unspecified atom stereocenters. The summed E-state index contributed by atoms with van der Waals surface area (Å²) in [4.78, 5) is 0. The van der Waals surface area contributed by atoms with Gasteiger partial charge in [0.25, 0.3) is 0 Å². The van der Waals surface area contributed by atoms with Gasteiger partial charge in [0.05, 0.1) is 0 Å². The fourth-order valence-electron chi connectivity index (χ4n) is 4.60. The molecule has 25 heavy (non-hydrogen) atoms. The third-order valence-corrected chi connectivity index (χ3v) is 18.3. The summed E-state index contributed by atoms with van der Waals surface area (Å²) >= 11 is -2.60. The van der Waals surface area contributed by atoms with Crippen LogP contribution in [-0.2, 0) is 20.3 Å². The molecule has 4 rings (SSSR count). The van der Waals surface area contributed by atoms with Gasteiger partial charge in [0.1, 0.15) is 0 Å². The minimum absolute atomic E-state index is 0. The van der Waals surface area contributed by atoms with Crippen molar-refractivity contribution in [2.24, 2.45) is 0 Å². The van der Waals surface area contributed by atoms with Crippen molar-refractivity contribution in [2.45, 2.75) is 32.7 Å². The van der Waals surface area contributed by atoms with Crippen molar-refractivity contribution < 1.29 is 20.3 Å². The third-order valence-electron chi connectivity index (χ3n) is 5.84. The molecule has 128 valence electrons. The van der Waals surface area contributed by atoms with Crippen LogP contribution < -0.4 is 0 Å². The van der Waals surface area contributed by atoms with Gasteiger partial charge in [-0.3, -0.25) is 0 Å². The summed E-state index contributed by atoms with van der Waals surface area (Å²) in [7, 11) is 0. The van der Waals surface area contributed by atoms with Crippen LogP contribution in [0.4, 0.5) is 0 Å². The molecule has 2 aliphatic rings. The summed E-state index contributed by atoms with van der Waals surface area (Å²) in [5.41, 5.74) is 6.08. The monoisotopic (exact) mass is 406 g/mol. The normalized spacial score (nSPS) is 17.2. The van der Waals surface area contributed by atoms with Crippen LogP contribution in [0.15, 0.2) is 82.7 Å². The quantitative estimate of drug-likeness (QED) is 0.452. The Labute approximate surface area is 157 Å². The van der Waals surface area contributed by atoms with E-state index in [9.17, 15) is 0 Å². The summed E-state index contributed by atoms with van der Waals surface area (Å²) in [6.07, 6.45) is 11.5. The van der Waals surface area contributed by atoms with Crippen molar-refractivity contribution in [3.05, 3.63) is 93.8 Å². The Kier molecular flexibility index (Phi) is 5.44. The Hall–Kier alpha value is -1.46. The number of hydrogen-bond acceptors (Lipinski definition) is 0. The Morgan fingerprint density at radius 3 is 2.16 bits per heavy atom. The fraction of sp³-hybridized carbons (Fsp3) is 0.250. The first-order valence-corrected chi connectivity index (χ1v) is 15.8. The van der Waals surface area contributed by atoms with E-state index in [-0.39, 0.29) is 7.43 Å². The van der Waals surface area contributed by atoms with E-state index in [2.05, 4.69) is 84.0 Å². The molecule has 0 saturated carbocycles. The van der Waals surface area contributed by atoms with Crippen LogP contribution in [0, 0.1) is 0 Å². The first kappa shape index (κ1) is 18.3. The molecule has 2 aliphatic carbocycles. The SMILES string of the molecule is C.C=CC[CH2][Zr]([CH3])([C]1=CC=CC1)[CH]1c2ccccc2-c2ccccc21. The van der Waals surface area contributed by atoms with E-state index in [1.807, 2.05) is 0 Å². The van der Waals surface area contributed by atoms with Gasteiger partial charge in [-0.1, -0.05) is 7.43 Å². The van der Waals surface area contributed by atoms with E-state index in [4.69, 9.17) is 0 Å². The first-order chi connectivity index (χ1) is 11.8. The fourth-order valence-corrected chi connectivity index (χ4v) is 16.2. The van der Waals surface area contributed by atoms with Gasteiger partial charge in [-0.05, 0) is 0 Å². The average Bonchev–Trinajstić information content (AvgIpc) is 3.26. The molecule has 0 fully saturated rings. The molecule has 0 aliphatic heterocycles. The molecule has 2 aromatic rings. The number of fused-ring (bicyclic) bond motifs is 3. The van der Waals surface area contributed by atoms with Gasteiger partial charge in [0.2, 0.25) is 0 Å². The molecule has 0 bridgehead atoms. The maximum absolute atomic E-state index is 4.00. The molecule has 0 spiro atoms. The summed E-state index contributed by atoms with van der Waals surface area (Å²) in [5, 5.41) is 0. The van der Waals surface area contributed by atoms with Crippen LogP contribution in [0.3, 0.4) is 0 Å². The van der Waals surface area contributed by atoms with Crippen molar-refractivity contribution in [3.8, 4) is 11.1 Å². The van der Waals surface area contributed by atoms with E-state index in [1.54, 1.807) is 14.4 Å². The molecule has 0 saturated heterocycles. The van der Waals surface area contributed by atoms with Crippen molar-refractivity contribution >= 4 is 0 Å². The standard InChI is InChI=1S/C13H9.C5H5.C4H7.CH4.CH3.Zr/c1-3-7-12-10(5-1)9-11-6-2-4-8-13(11)12;1-2-4-5-3-1;1-3-4-2;;;/h1-9H;1-3H,4H2;3H,1-2,4H2;1H4;1H3;. The summed E-state index contributed by atoms with van der Waals surface area (Å²) in [5.74, 6) is 0. The van der Waals surface area contributed by atoms with E-state index in [0.717, 1.165) is 6.42 Å². The predicted octanol–water partition coefficient (Wildman–Crippen LogP) is 7.43. The van der Waals surface area contributed by atoms with Gasteiger partial charge in [0, 0.05) is 0 Å². The second-order valence-corrected chi connectivity index (χ2v) is 18.4. The van der Waals surface area contributed by atoms with Crippen molar-refractivity contribution in [1.82, 2.24) is 0 Å². The van der Waals surface area contributed by atoms with Crippen LogP contribution in [0.5, 0.6) is 0 Å². The number of benzene rings is 2. The molecular formula is C24H28Zr. The Bertz CT molecular complexity index is 797. The van der Waals surface area contributed by atoms with Gasteiger partial charge < -0.3 is 0 Å². The van der Waals surface area contributed by atoms with Crippen molar-refractivity contribution in [3.63, 3.8) is 0 Å². The van der Waals surface area contributed by atoms with Crippen LogP contribution in [0.25, 0.3) is 11.1 Å². The van der Waals surface area contributed by atoms with Crippen LogP contribution in [0.2, 0.25) is 8.76 Å². The molecule has 1 heteroatoms. The zero-order valence-electron chi connectivity index (χ0n) is 14.3. The molecule has 2 aromatic carbocycles. The number of rotatable bonds is 5. The molecule has 0 aromatic heterocycles. The molecule has 0 nitrogen and oxygen atoms in total. The average molecular weight is 408 g/mol. The van der Waals surface area contributed by atoms with E-state index in [1.165, 1.54) is 21.7 Å². The zero-order chi connectivity index (χ0) is 16.6. The molecule has 0 radical (unpaired) electrons. The molecule has 0 heterocycles. The van der Waals surface area contributed by atoms with Gasteiger partial charge in [-0.25, -0.2) is 0 Å². The van der Waals surface area contributed by atoms with Gasteiger partial charge in [-0.15, -0.1) is 0 Å². The van der Waals surface area contributed by atoms with Gasteiger partial charge in [-0.2, -0.15) is 0 Å². The summed E-state index contributed by atoms with van der Waals surface area (Å²) in [6.45, 7) is 4.00. The minimum atomic E-state index is -2.60. The molecular weight excluding hydrogens is 379 g/mol. The number of allylic oxidation sites excluding steroid dienone is 5. The van der Waals surface area contributed by atoms with E-state index < -0.39 is 20.3 Å². The maximum atomic E-state index is 4.00. The van der Waals surface area contributed by atoms with E-state index >= 15 is 0 Å². The van der Waals surface area contributed by atoms with E-state index in [0.29, 0.717) is 3.63 Å². The van der Waals surface area contributed by atoms with Crippen LogP contribution in [0.1, 0.15) is 35.0 Å². The van der Waals surface area contributed by atoms with Crippen LogP contribution >= 0.6 is 0 Å². The Morgan fingerprint density at radius 2 is 1.64 bits per heavy atom. The summed E-state index contributed by atoms with van der Waals surface area (Å²) < 4.78 is 6.42. The number of hydrogen-bond donors (Lipinski definition) is 0. The van der Waals surface area contributed by atoms with Crippen molar-refractivity contribution in [1.29, 1.82) is 0 Å². The zero-order valence-corrected chi connectivity index (χ0v) is 16.8. The second-order valence-electron chi connectivity index (χ2n) is 7.18. The van der Waals surface area contributed by atoms with Gasteiger partial charge in [0.15, 0.2) is 0 Å². The second kappa shape index (κ2) is 7.42. The molecule has 1 atom stereocenters. The predicted molar refractivity (Wildman–Crippen MR) is 108 cm³/mol. The molecule has 0 amide bonds. The topological polar surface area (TPSA) is 0 Å². The summed E-state index contributed by atoms with van der Waals surface area (Å²) in [6, 6.07) is 18.2. The van der Waals surface area contributed by atoms with Crippen molar-refractivity contribution in [2.75, 3.05) is 0 Å². The van der Waals surface area contributed by atoms with Gasteiger partial charge >= 0.3 is 150 Å². The molecule has 0 N–H and O–H groups in total. The Balaban J connectivity index is 0.00000182. The first-order valence-electron chi connectivity index (χ1n) is 8.91.